The van der Waals surface area contributed by atoms with Gasteiger partial charge in [-0.25, -0.2) is 8.42 Å². The SMILES string of the molecule is COc1ccc2c(c1)C(N)C(SCCS(C)(=O)=O)C2. The minimum Gasteiger partial charge on any atom is -0.497 e. The van der Waals surface area contributed by atoms with Gasteiger partial charge in [0, 0.05) is 23.3 Å². The fraction of sp³-hybridized carbons (Fsp3) is 0.538. The van der Waals surface area contributed by atoms with Gasteiger partial charge in [0.05, 0.1) is 12.9 Å². The van der Waals surface area contributed by atoms with Gasteiger partial charge in [-0.2, -0.15) is 11.8 Å². The van der Waals surface area contributed by atoms with E-state index >= 15 is 0 Å². The van der Waals surface area contributed by atoms with Gasteiger partial charge in [-0.15, -0.1) is 0 Å². The maximum absolute atomic E-state index is 11.1. The summed E-state index contributed by atoms with van der Waals surface area (Å²) in [6, 6.07) is 5.92. The van der Waals surface area contributed by atoms with Gasteiger partial charge in [-0.05, 0) is 29.7 Å². The molecule has 2 unspecified atom stereocenters. The van der Waals surface area contributed by atoms with Gasteiger partial charge >= 0.3 is 0 Å². The summed E-state index contributed by atoms with van der Waals surface area (Å²) in [7, 11) is -1.25. The molecule has 2 atom stereocenters. The first-order chi connectivity index (χ1) is 8.90. The summed E-state index contributed by atoms with van der Waals surface area (Å²) in [6.45, 7) is 0. The van der Waals surface area contributed by atoms with Crippen molar-refractivity contribution in [3.05, 3.63) is 29.3 Å². The standard InChI is InChI=1S/C13H19NO3S2/c1-17-10-4-3-9-7-12(13(14)11(9)8-10)18-5-6-19(2,15)16/h3-4,8,12-13H,5-7,14H2,1-2H3. The lowest BCUT2D eigenvalue weighted by Crippen LogP contribution is -2.20. The second kappa shape index (κ2) is 5.73. The number of rotatable bonds is 5. The predicted molar refractivity (Wildman–Crippen MR) is 79.6 cm³/mol. The molecule has 4 nitrogen and oxygen atoms in total. The number of methoxy groups -OCH3 is 1. The maximum Gasteiger partial charge on any atom is 0.148 e. The van der Waals surface area contributed by atoms with Crippen LogP contribution in [0.15, 0.2) is 18.2 Å². The molecule has 0 heterocycles. The summed E-state index contributed by atoms with van der Waals surface area (Å²) >= 11 is 1.64. The summed E-state index contributed by atoms with van der Waals surface area (Å²) in [5, 5.41) is 0.254. The van der Waals surface area contributed by atoms with Crippen molar-refractivity contribution in [3.63, 3.8) is 0 Å². The van der Waals surface area contributed by atoms with Crippen LogP contribution in [0.1, 0.15) is 17.2 Å². The lowest BCUT2D eigenvalue weighted by molar-refractivity contribution is 0.414. The van der Waals surface area contributed by atoms with Crippen molar-refractivity contribution in [3.8, 4) is 5.75 Å². The average Bonchev–Trinajstić information content (AvgIpc) is 2.65. The molecule has 0 aromatic heterocycles. The Morgan fingerprint density at radius 1 is 1.47 bits per heavy atom. The van der Waals surface area contributed by atoms with Crippen LogP contribution >= 0.6 is 11.8 Å². The highest BCUT2D eigenvalue weighted by Gasteiger charge is 2.30. The molecular weight excluding hydrogens is 282 g/mol. The molecular formula is C13H19NO3S2. The number of hydrogen-bond donors (Lipinski definition) is 1. The third-order valence-corrected chi connectivity index (χ3v) is 5.85. The van der Waals surface area contributed by atoms with Crippen LogP contribution in [0.25, 0.3) is 0 Å². The molecule has 0 saturated carbocycles. The minimum atomic E-state index is -2.89. The molecule has 0 saturated heterocycles. The van der Waals surface area contributed by atoms with Crippen LogP contribution in [0.3, 0.4) is 0 Å². The number of nitrogens with two attached hydrogens (primary N) is 1. The summed E-state index contributed by atoms with van der Waals surface area (Å²) in [6.07, 6.45) is 2.16. The minimum absolute atomic E-state index is 0.0466. The largest absolute Gasteiger partial charge is 0.497 e. The van der Waals surface area contributed by atoms with E-state index in [4.69, 9.17) is 10.5 Å². The molecule has 0 fully saturated rings. The Kier molecular flexibility index (Phi) is 4.43. The Labute approximate surface area is 118 Å². The van der Waals surface area contributed by atoms with Gasteiger partial charge in [0.15, 0.2) is 0 Å². The fourth-order valence-electron chi connectivity index (χ4n) is 2.25. The van der Waals surface area contributed by atoms with Crippen molar-refractivity contribution < 1.29 is 13.2 Å². The fourth-order valence-corrected chi connectivity index (χ4v) is 4.80. The van der Waals surface area contributed by atoms with E-state index in [1.54, 1.807) is 18.9 Å². The maximum atomic E-state index is 11.1. The van der Waals surface area contributed by atoms with E-state index < -0.39 is 9.84 Å². The van der Waals surface area contributed by atoms with E-state index in [1.165, 1.54) is 11.8 Å². The van der Waals surface area contributed by atoms with Gasteiger partial charge in [-0.3, -0.25) is 0 Å². The molecule has 0 spiro atoms. The van der Waals surface area contributed by atoms with Gasteiger partial charge in [0.1, 0.15) is 15.6 Å². The Hall–Kier alpha value is -0.720. The third kappa shape index (κ3) is 3.64. The summed E-state index contributed by atoms with van der Waals surface area (Å²) in [5.41, 5.74) is 8.60. The van der Waals surface area contributed by atoms with E-state index in [0.717, 1.165) is 17.7 Å². The zero-order valence-electron chi connectivity index (χ0n) is 11.1. The van der Waals surface area contributed by atoms with Crippen molar-refractivity contribution in [1.82, 2.24) is 0 Å². The number of sulfone groups is 1. The Balaban J connectivity index is 2.00. The first kappa shape index (κ1) is 14.7. The zero-order valence-corrected chi connectivity index (χ0v) is 12.8. The topological polar surface area (TPSA) is 69.4 Å². The van der Waals surface area contributed by atoms with Crippen LogP contribution in [-0.2, 0) is 16.3 Å². The molecule has 1 aliphatic carbocycles. The number of benzene rings is 1. The van der Waals surface area contributed by atoms with Crippen molar-refractivity contribution in [2.45, 2.75) is 17.7 Å². The van der Waals surface area contributed by atoms with Crippen molar-refractivity contribution in [1.29, 1.82) is 0 Å². The molecule has 0 aliphatic heterocycles. The Bertz CT molecular complexity index is 557. The highest BCUT2D eigenvalue weighted by Crippen LogP contribution is 2.38. The second-order valence-corrected chi connectivity index (χ2v) is 8.44. The van der Waals surface area contributed by atoms with Crippen molar-refractivity contribution >= 4 is 21.6 Å². The predicted octanol–water partition coefficient (Wildman–Crippen LogP) is 1.40. The highest BCUT2D eigenvalue weighted by atomic mass is 32.2. The molecule has 0 bridgehead atoms. The van der Waals surface area contributed by atoms with Crippen LogP contribution in [-0.4, -0.2) is 38.5 Å². The molecule has 106 valence electrons. The van der Waals surface area contributed by atoms with E-state index in [1.807, 2.05) is 18.2 Å². The normalized spacial score (nSPS) is 22.3. The lowest BCUT2D eigenvalue weighted by Gasteiger charge is -2.15. The van der Waals surface area contributed by atoms with Crippen molar-refractivity contribution in [2.75, 3.05) is 24.9 Å². The number of fused-ring (bicyclic) bond motifs is 1. The molecule has 0 amide bonds. The quantitative estimate of drug-likeness (QED) is 0.890. The first-order valence-corrected chi connectivity index (χ1v) is 9.23. The molecule has 2 rings (SSSR count). The molecule has 2 N–H and O–H groups in total. The second-order valence-electron chi connectivity index (χ2n) is 4.83. The van der Waals surface area contributed by atoms with Crippen LogP contribution in [0.4, 0.5) is 0 Å². The van der Waals surface area contributed by atoms with Gasteiger partial charge < -0.3 is 10.5 Å². The average molecular weight is 301 g/mol. The Morgan fingerprint density at radius 3 is 2.84 bits per heavy atom. The van der Waals surface area contributed by atoms with E-state index in [9.17, 15) is 8.42 Å². The number of thioether (sulfide) groups is 1. The van der Waals surface area contributed by atoms with E-state index in [-0.39, 0.29) is 17.0 Å². The zero-order chi connectivity index (χ0) is 14.0. The Morgan fingerprint density at radius 2 is 2.21 bits per heavy atom. The van der Waals surface area contributed by atoms with Gasteiger partial charge in [-0.1, -0.05) is 6.07 Å². The first-order valence-electron chi connectivity index (χ1n) is 6.12. The summed E-state index contributed by atoms with van der Waals surface area (Å²) in [4.78, 5) is 0. The van der Waals surface area contributed by atoms with Crippen LogP contribution in [0.5, 0.6) is 5.75 Å². The molecule has 6 heteroatoms. The summed E-state index contributed by atoms with van der Waals surface area (Å²) < 4.78 is 27.5. The molecule has 0 radical (unpaired) electrons. The van der Waals surface area contributed by atoms with E-state index in [2.05, 4.69) is 0 Å². The van der Waals surface area contributed by atoms with Gasteiger partial charge in [0.25, 0.3) is 0 Å². The van der Waals surface area contributed by atoms with Crippen molar-refractivity contribution in [2.24, 2.45) is 5.73 Å². The smallest absolute Gasteiger partial charge is 0.148 e. The molecule has 19 heavy (non-hydrogen) atoms. The monoisotopic (exact) mass is 301 g/mol. The molecule has 1 aromatic rings. The van der Waals surface area contributed by atoms with Gasteiger partial charge in [0.2, 0.25) is 0 Å². The van der Waals surface area contributed by atoms with E-state index in [0.29, 0.717) is 5.75 Å². The summed E-state index contributed by atoms with van der Waals surface area (Å²) in [5.74, 6) is 1.62. The third-order valence-electron chi connectivity index (χ3n) is 3.32. The van der Waals surface area contributed by atoms with Crippen LogP contribution in [0.2, 0.25) is 0 Å². The molecule has 1 aromatic carbocycles. The number of ether oxygens (including phenoxy) is 1. The lowest BCUT2D eigenvalue weighted by atomic mass is 10.1. The van der Waals surface area contributed by atoms with Crippen LogP contribution in [0, 0.1) is 0 Å². The molecule has 1 aliphatic rings. The number of hydrogen-bond acceptors (Lipinski definition) is 5. The van der Waals surface area contributed by atoms with Crippen LogP contribution < -0.4 is 10.5 Å². The highest BCUT2D eigenvalue weighted by molar-refractivity contribution is 8.01.